The Hall–Kier alpha value is -2.41. The molecule has 0 aliphatic heterocycles. The highest BCUT2D eigenvalue weighted by Gasteiger charge is 2.66. The van der Waals surface area contributed by atoms with E-state index in [1.807, 2.05) is 53.5 Å². The summed E-state index contributed by atoms with van der Waals surface area (Å²) in [7, 11) is 0. The molecular weight excluding hydrogens is 731 g/mol. The van der Waals surface area contributed by atoms with Gasteiger partial charge in [0, 0.05) is 18.5 Å². The molecule has 4 aliphatic carbocycles. The minimum atomic E-state index is -0.169. The van der Waals surface area contributed by atoms with E-state index in [4.69, 9.17) is 18.9 Å². The second kappa shape index (κ2) is 24.3. The third-order valence-electron chi connectivity index (χ3n) is 16.1. The molecule has 6 nitrogen and oxygen atoms in total. The number of benzene rings is 1. The first kappa shape index (κ1) is 47.6. The first-order valence-corrected chi connectivity index (χ1v) is 24.3. The van der Waals surface area contributed by atoms with Crippen molar-refractivity contribution >= 4 is 6.09 Å². The Morgan fingerprint density at radius 1 is 0.780 bits per heavy atom. The standard InChI is InChI=1S/C53H85NO5/c1-8-12-13-14-15-16-17-18-19-23-32-54(51(55)59-40-42-26-21-20-22-27-42)33-24-25-41(5)45-28-29-46-50-47(39-49(53(45,46)7)58-36-11-4)52(6)31-30-44(56-34-9-2)37-43(52)38-48(50)57-35-10-3/h9-11,20-22,26-27,41,43-50H,2-4,8,12-19,23-25,28-40H2,1,5-7H3/t41?,43?,44-,45-,46+,47+,48?,49+,50?,52+,53-/m1/s1. The molecule has 6 heteroatoms. The fourth-order valence-corrected chi connectivity index (χ4v) is 12.9. The second-order valence-corrected chi connectivity index (χ2v) is 19.6. The minimum absolute atomic E-state index is 0.0527. The molecule has 11 atom stereocenters. The number of rotatable bonds is 27. The highest BCUT2D eigenvalue weighted by atomic mass is 16.6. The van der Waals surface area contributed by atoms with Crippen LogP contribution in [-0.4, -0.2) is 62.2 Å². The molecular formula is C53H85NO5. The van der Waals surface area contributed by atoms with Crippen molar-refractivity contribution in [2.24, 2.45) is 46.3 Å². The molecule has 1 amide bonds. The van der Waals surface area contributed by atoms with Crippen LogP contribution in [0.25, 0.3) is 0 Å². The Kier molecular flexibility index (Phi) is 19.6. The van der Waals surface area contributed by atoms with E-state index in [2.05, 4.69) is 47.4 Å². The zero-order valence-electron chi connectivity index (χ0n) is 38.1. The van der Waals surface area contributed by atoms with Gasteiger partial charge >= 0.3 is 6.09 Å². The summed E-state index contributed by atoms with van der Waals surface area (Å²) in [5, 5.41) is 0. The summed E-state index contributed by atoms with van der Waals surface area (Å²) in [6.45, 7) is 25.7. The molecule has 0 N–H and O–H groups in total. The highest BCUT2D eigenvalue weighted by molar-refractivity contribution is 5.67. The third-order valence-corrected chi connectivity index (χ3v) is 16.1. The molecule has 0 spiro atoms. The highest BCUT2D eigenvalue weighted by Crippen LogP contribution is 2.69. The van der Waals surface area contributed by atoms with E-state index in [1.54, 1.807) is 0 Å². The summed E-state index contributed by atoms with van der Waals surface area (Å²) >= 11 is 0. The third kappa shape index (κ3) is 12.4. The number of hydrogen-bond donors (Lipinski definition) is 0. The Morgan fingerprint density at radius 3 is 2.12 bits per heavy atom. The summed E-state index contributed by atoms with van der Waals surface area (Å²) in [4.78, 5) is 15.6. The fourth-order valence-electron chi connectivity index (χ4n) is 12.9. The quantitative estimate of drug-likeness (QED) is 0.0654. The van der Waals surface area contributed by atoms with Gasteiger partial charge in [-0.15, -0.1) is 19.7 Å². The van der Waals surface area contributed by atoms with Crippen LogP contribution in [0.5, 0.6) is 0 Å². The van der Waals surface area contributed by atoms with Crippen molar-refractivity contribution in [1.29, 1.82) is 0 Å². The van der Waals surface area contributed by atoms with Gasteiger partial charge in [0.05, 0.1) is 38.1 Å². The van der Waals surface area contributed by atoms with Gasteiger partial charge in [0.1, 0.15) is 6.61 Å². The van der Waals surface area contributed by atoms with Crippen LogP contribution < -0.4 is 0 Å². The minimum Gasteiger partial charge on any atom is -0.445 e. The van der Waals surface area contributed by atoms with Crippen molar-refractivity contribution < 1.29 is 23.7 Å². The number of fused-ring (bicyclic) bond motifs is 5. The molecule has 4 aliphatic rings. The van der Waals surface area contributed by atoms with Gasteiger partial charge in [-0.1, -0.05) is 134 Å². The summed E-state index contributed by atoms with van der Waals surface area (Å²) in [6.07, 6.45) is 29.4. The lowest BCUT2D eigenvalue weighted by Crippen LogP contribution is -2.63. The number of ether oxygens (including phenoxy) is 4. The van der Waals surface area contributed by atoms with Crippen LogP contribution >= 0.6 is 0 Å². The van der Waals surface area contributed by atoms with Gasteiger partial charge in [-0.2, -0.15) is 0 Å². The summed E-state index contributed by atoms with van der Waals surface area (Å²) in [6, 6.07) is 10.1. The number of nitrogens with zero attached hydrogens (tertiary/aromatic N) is 1. The van der Waals surface area contributed by atoms with E-state index in [0.29, 0.717) is 68.0 Å². The number of carbonyl (C=O) groups is 1. The average molecular weight is 816 g/mol. The Morgan fingerprint density at radius 2 is 1.42 bits per heavy atom. The van der Waals surface area contributed by atoms with E-state index in [1.165, 1.54) is 77.0 Å². The fraction of sp³-hybridized carbons (Fsp3) is 0.755. The summed E-state index contributed by atoms with van der Waals surface area (Å²) < 4.78 is 26.0. The first-order chi connectivity index (χ1) is 28.7. The molecule has 0 saturated heterocycles. The zero-order chi connectivity index (χ0) is 42.1. The van der Waals surface area contributed by atoms with E-state index < -0.39 is 0 Å². The molecule has 0 bridgehead atoms. The smallest absolute Gasteiger partial charge is 0.410 e. The number of unbranched alkanes of at least 4 members (excludes halogenated alkanes) is 9. The number of amides is 1. The average Bonchev–Trinajstić information content (AvgIpc) is 3.61. The van der Waals surface area contributed by atoms with Gasteiger partial charge < -0.3 is 23.8 Å². The zero-order valence-corrected chi connectivity index (χ0v) is 38.1. The molecule has 4 fully saturated rings. The monoisotopic (exact) mass is 816 g/mol. The number of hydrogen-bond acceptors (Lipinski definition) is 5. The van der Waals surface area contributed by atoms with Crippen molar-refractivity contribution in [3.05, 3.63) is 73.9 Å². The van der Waals surface area contributed by atoms with Gasteiger partial charge in [-0.3, -0.25) is 0 Å². The maximum atomic E-state index is 13.6. The van der Waals surface area contributed by atoms with Crippen molar-refractivity contribution in [1.82, 2.24) is 4.90 Å². The molecule has 0 radical (unpaired) electrons. The van der Waals surface area contributed by atoms with Crippen LogP contribution in [0.15, 0.2) is 68.3 Å². The van der Waals surface area contributed by atoms with Gasteiger partial charge in [-0.25, -0.2) is 4.79 Å². The van der Waals surface area contributed by atoms with Gasteiger partial charge in [0.25, 0.3) is 0 Å². The molecule has 332 valence electrons. The van der Waals surface area contributed by atoms with Crippen molar-refractivity contribution in [3.63, 3.8) is 0 Å². The van der Waals surface area contributed by atoms with Crippen molar-refractivity contribution in [2.75, 3.05) is 32.9 Å². The van der Waals surface area contributed by atoms with Gasteiger partial charge in [-0.05, 0) is 111 Å². The normalized spacial score (nSPS) is 31.7. The molecule has 59 heavy (non-hydrogen) atoms. The van der Waals surface area contributed by atoms with E-state index in [0.717, 1.165) is 63.6 Å². The number of carbonyl (C=O) groups excluding carboxylic acids is 1. The molecule has 0 aromatic heterocycles. The molecule has 1 aromatic rings. The maximum absolute atomic E-state index is 13.6. The van der Waals surface area contributed by atoms with Crippen molar-refractivity contribution in [3.8, 4) is 0 Å². The van der Waals surface area contributed by atoms with Crippen LogP contribution in [0.3, 0.4) is 0 Å². The largest absolute Gasteiger partial charge is 0.445 e. The summed E-state index contributed by atoms with van der Waals surface area (Å²) in [5.74, 6) is 3.27. The predicted octanol–water partition coefficient (Wildman–Crippen LogP) is 13.6. The second-order valence-electron chi connectivity index (χ2n) is 19.6. The Labute approximate surface area is 361 Å². The van der Waals surface area contributed by atoms with Crippen LogP contribution in [0.4, 0.5) is 4.79 Å². The lowest BCUT2D eigenvalue weighted by molar-refractivity contribution is -0.223. The molecule has 5 rings (SSSR count). The SMILES string of the molecule is C=CCOC1CC2C[C@H](OCC=C)CC[C@]2(C)[C@H]2C[C@H](OCC=C)[C@]3(C)[C@@H](C(C)CCCN(CCCCCCCCCCCC)C(=O)OCc4ccccc4)CC[C@H]3C12. The maximum Gasteiger partial charge on any atom is 0.410 e. The van der Waals surface area contributed by atoms with Crippen LogP contribution in [0.1, 0.15) is 155 Å². The van der Waals surface area contributed by atoms with Gasteiger partial charge in [0.15, 0.2) is 0 Å². The topological polar surface area (TPSA) is 57.2 Å². The van der Waals surface area contributed by atoms with E-state index in [-0.39, 0.29) is 29.1 Å². The predicted molar refractivity (Wildman–Crippen MR) is 244 cm³/mol. The molecule has 1 aromatic carbocycles. The lowest BCUT2D eigenvalue weighted by atomic mass is 9.43. The first-order valence-electron chi connectivity index (χ1n) is 24.3. The van der Waals surface area contributed by atoms with E-state index >= 15 is 0 Å². The van der Waals surface area contributed by atoms with Crippen LogP contribution in [0.2, 0.25) is 0 Å². The van der Waals surface area contributed by atoms with Crippen molar-refractivity contribution in [2.45, 2.75) is 175 Å². The van der Waals surface area contributed by atoms with Crippen LogP contribution in [-0.2, 0) is 25.6 Å². The lowest BCUT2D eigenvalue weighted by Gasteiger charge is -2.64. The molecule has 4 unspecified atom stereocenters. The Balaban J connectivity index is 1.24. The molecule has 0 heterocycles. The van der Waals surface area contributed by atoms with Gasteiger partial charge in [0.2, 0.25) is 0 Å². The van der Waals surface area contributed by atoms with Crippen LogP contribution in [0, 0.1) is 46.3 Å². The summed E-state index contributed by atoms with van der Waals surface area (Å²) in [5.41, 5.74) is 1.34. The molecule has 4 saturated carbocycles. The van der Waals surface area contributed by atoms with E-state index in [9.17, 15) is 4.79 Å². The Bertz CT molecular complexity index is 1400.